The Morgan fingerprint density at radius 3 is 2.46 bits per heavy atom. The predicted molar refractivity (Wildman–Crippen MR) is 101 cm³/mol. The Bertz CT molecular complexity index is 753. The van der Waals surface area contributed by atoms with E-state index >= 15 is 0 Å². The molecule has 1 saturated heterocycles. The number of morpholine rings is 1. The summed E-state index contributed by atoms with van der Waals surface area (Å²) in [4.78, 5) is 38.5. The zero-order chi connectivity index (χ0) is 20.1. The third-order valence-electron chi connectivity index (χ3n) is 5.44. The van der Waals surface area contributed by atoms with Crippen LogP contribution in [0.25, 0.3) is 0 Å². The van der Waals surface area contributed by atoms with Gasteiger partial charge in [0.25, 0.3) is 5.91 Å². The van der Waals surface area contributed by atoms with Crippen LogP contribution in [0, 0.1) is 17.8 Å². The molecule has 1 aliphatic carbocycles. The number of carbonyl (C=O) groups is 3. The second-order valence-corrected chi connectivity index (χ2v) is 7.16. The highest BCUT2D eigenvalue weighted by Crippen LogP contribution is 2.33. The van der Waals surface area contributed by atoms with E-state index in [9.17, 15) is 19.5 Å². The molecule has 0 spiro atoms. The summed E-state index contributed by atoms with van der Waals surface area (Å²) in [7, 11) is 0. The van der Waals surface area contributed by atoms with E-state index in [-0.39, 0.29) is 17.7 Å². The van der Waals surface area contributed by atoms with Crippen LogP contribution in [0.15, 0.2) is 36.4 Å². The highest BCUT2D eigenvalue weighted by Gasteiger charge is 2.36. The SMILES string of the molecule is CC[C@@H]1C=CC[C@H](C(=O)[O-])[C@@H]1C(=O)Nc1ccc(C(=O)N2CCOCC2)cc1. The van der Waals surface area contributed by atoms with Crippen LogP contribution in [-0.2, 0) is 14.3 Å². The van der Waals surface area contributed by atoms with Gasteiger partial charge in [-0.1, -0.05) is 19.1 Å². The van der Waals surface area contributed by atoms with Crippen molar-refractivity contribution in [3.8, 4) is 0 Å². The second kappa shape index (κ2) is 9.01. The average Bonchev–Trinajstić information content (AvgIpc) is 2.73. The average molecular weight is 385 g/mol. The lowest BCUT2D eigenvalue weighted by atomic mass is 9.74. The number of carboxylic acid groups (broad SMARTS) is 1. The molecule has 0 aromatic heterocycles. The number of amides is 2. The van der Waals surface area contributed by atoms with E-state index in [0.29, 0.717) is 50.4 Å². The van der Waals surface area contributed by atoms with Gasteiger partial charge in [0.1, 0.15) is 0 Å². The maximum atomic E-state index is 12.8. The standard InChI is InChI=1S/C21H26N2O5/c1-2-14-4-3-5-17(21(26)27)18(14)19(24)22-16-8-6-15(7-9-16)20(25)23-10-12-28-13-11-23/h3-4,6-9,14,17-18H,2,5,10-13H2,1H3,(H,22,24)(H,26,27)/p-1/t14-,17+,18-/m1/s1. The van der Waals surface area contributed by atoms with Crippen LogP contribution < -0.4 is 10.4 Å². The number of aliphatic carboxylic acids is 1. The molecule has 7 heteroatoms. The number of allylic oxidation sites excluding steroid dienone is 2. The van der Waals surface area contributed by atoms with Gasteiger partial charge in [0.15, 0.2) is 0 Å². The lowest BCUT2D eigenvalue weighted by molar-refractivity contribution is -0.313. The van der Waals surface area contributed by atoms with Gasteiger partial charge in [0, 0.05) is 36.2 Å². The molecule has 1 aliphatic heterocycles. The van der Waals surface area contributed by atoms with Gasteiger partial charge in [0.05, 0.1) is 19.1 Å². The van der Waals surface area contributed by atoms with Crippen LogP contribution in [0.2, 0.25) is 0 Å². The summed E-state index contributed by atoms with van der Waals surface area (Å²) in [6, 6.07) is 6.67. The first-order valence-electron chi connectivity index (χ1n) is 9.66. The van der Waals surface area contributed by atoms with Crippen molar-refractivity contribution in [3.05, 3.63) is 42.0 Å². The molecule has 2 amide bonds. The van der Waals surface area contributed by atoms with Crippen molar-refractivity contribution in [2.24, 2.45) is 17.8 Å². The Kier molecular flexibility index (Phi) is 6.46. The first-order valence-corrected chi connectivity index (χ1v) is 9.66. The van der Waals surface area contributed by atoms with Crippen LogP contribution in [-0.4, -0.2) is 49.0 Å². The van der Waals surface area contributed by atoms with Crippen LogP contribution in [0.5, 0.6) is 0 Å². The molecular weight excluding hydrogens is 360 g/mol. The third kappa shape index (κ3) is 4.42. The minimum Gasteiger partial charge on any atom is -0.550 e. The van der Waals surface area contributed by atoms with Crippen LogP contribution in [0.1, 0.15) is 30.1 Å². The van der Waals surface area contributed by atoms with E-state index in [1.165, 1.54) is 0 Å². The highest BCUT2D eigenvalue weighted by atomic mass is 16.5. The van der Waals surface area contributed by atoms with E-state index in [2.05, 4.69) is 5.32 Å². The fraction of sp³-hybridized carbons (Fsp3) is 0.476. The summed E-state index contributed by atoms with van der Waals surface area (Å²) in [6.45, 7) is 4.13. The third-order valence-corrected chi connectivity index (χ3v) is 5.44. The number of anilines is 1. The summed E-state index contributed by atoms with van der Waals surface area (Å²) in [5.74, 6) is -3.25. The number of nitrogens with one attached hydrogen (secondary N) is 1. The molecule has 7 nitrogen and oxygen atoms in total. The fourth-order valence-electron chi connectivity index (χ4n) is 3.85. The summed E-state index contributed by atoms with van der Waals surface area (Å²) in [6.07, 6.45) is 4.69. The number of hydrogen-bond donors (Lipinski definition) is 1. The lowest BCUT2D eigenvalue weighted by Gasteiger charge is -2.34. The summed E-state index contributed by atoms with van der Waals surface area (Å²) >= 11 is 0. The molecule has 2 aliphatic rings. The van der Waals surface area contributed by atoms with Crippen molar-refractivity contribution in [2.45, 2.75) is 19.8 Å². The molecule has 0 bridgehead atoms. The molecule has 0 radical (unpaired) electrons. The van der Waals surface area contributed by atoms with Crippen LogP contribution in [0.4, 0.5) is 5.69 Å². The maximum absolute atomic E-state index is 12.8. The van der Waals surface area contributed by atoms with Gasteiger partial charge in [0.2, 0.25) is 5.91 Å². The molecule has 1 heterocycles. The molecule has 28 heavy (non-hydrogen) atoms. The molecule has 3 atom stereocenters. The van der Waals surface area contributed by atoms with E-state index in [1.807, 2.05) is 19.1 Å². The van der Waals surface area contributed by atoms with Gasteiger partial charge in [-0.3, -0.25) is 9.59 Å². The number of rotatable bonds is 5. The molecule has 1 N–H and O–H groups in total. The normalized spacial score (nSPS) is 24.6. The van der Waals surface area contributed by atoms with Gasteiger partial charge in [-0.15, -0.1) is 0 Å². The Morgan fingerprint density at radius 2 is 1.86 bits per heavy atom. The number of ether oxygens (including phenoxy) is 1. The highest BCUT2D eigenvalue weighted by molar-refractivity contribution is 5.97. The molecule has 150 valence electrons. The molecule has 3 rings (SSSR count). The number of hydrogen-bond acceptors (Lipinski definition) is 5. The summed E-state index contributed by atoms with van der Waals surface area (Å²) in [5, 5.41) is 14.3. The van der Waals surface area contributed by atoms with E-state index in [4.69, 9.17) is 4.74 Å². The molecular formula is C21H25N2O5-. The Balaban J connectivity index is 1.68. The Morgan fingerprint density at radius 1 is 1.18 bits per heavy atom. The topological polar surface area (TPSA) is 98.8 Å². The second-order valence-electron chi connectivity index (χ2n) is 7.16. The van der Waals surface area contributed by atoms with Gasteiger partial charge >= 0.3 is 0 Å². The van der Waals surface area contributed by atoms with Crippen LogP contribution in [0.3, 0.4) is 0 Å². The number of nitrogens with zero attached hydrogens (tertiary/aromatic N) is 1. The first kappa shape index (κ1) is 20.1. The maximum Gasteiger partial charge on any atom is 0.254 e. The number of carboxylic acids is 1. The van der Waals surface area contributed by atoms with Crippen molar-refractivity contribution in [1.82, 2.24) is 4.90 Å². The van der Waals surface area contributed by atoms with Crippen LogP contribution >= 0.6 is 0 Å². The van der Waals surface area contributed by atoms with Crippen molar-refractivity contribution < 1.29 is 24.2 Å². The minimum absolute atomic E-state index is 0.0679. The monoisotopic (exact) mass is 385 g/mol. The lowest BCUT2D eigenvalue weighted by Crippen LogP contribution is -2.44. The fourth-order valence-corrected chi connectivity index (χ4v) is 3.85. The predicted octanol–water partition coefficient (Wildman–Crippen LogP) is 1.07. The van der Waals surface area contributed by atoms with Crippen molar-refractivity contribution >= 4 is 23.5 Å². The molecule has 1 fully saturated rings. The molecule has 0 unspecified atom stereocenters. The molecule has 0 saturated carbocycles. The number of carbonyl (C=O) groups excluding carboxylic acids is 3. The minimum atomic E-state index is -1.20. The smallest absolute Gasteiger partial charge is 0.254 e. The van der Waals surface area contributed by atoms with E-state index in [1.54, 1.807) is 29.2 Å². The summed E-state index contributed by atoms with van der Waals surface area (Å²) in [5.41, 5.74) is 1.07. The van der Waals surface area contributed by atoms with Crippen molar-refractivity contribution in [1.29, 1.82) is 0 Å². The first-order chi connectivity index (χ1) is 13.5. The van der Waals surface area contributed by atoms with Crippen molar-refractivity contribution in [3.63, 3.8) is 0 Å². The molecule has 1 aromatic rings. The van der Waals surface area contributed by atoms with E-state index in [0.717, 1.165) is 0 Å². The Hall–Kier alpha value is -2.67. The van der Waals surface area contributed by atoms with Gasteiger partial charge in [-0.2, -0.15) is 0 Å². The largest absolute Gasteiger partial charge is 0.550 e. The quantitative estimate of drug-likeness (QED) is 0.765. The molecule has 1 aromatic carbocycles. The zero-order valence-corrected chi connectivity index (χ0v) is 15.9. The van der Waals surface area contributed by atoms with E-state index < -0.39 is 17.8 Å². The summed E-state index contributed by atoms with van der Waals surface area (Å²) < 4.78 is 5.26. The van der Waals surface area contributed by atoms with Gasteiger partial charge in [-0.05, 0) is 43.0 Å². The number of benzene rings is 1. The van der Waals surface area contributed by atoms with Gasteiger partial charge in [-0.25, -0.2) is 0 Å². The Labute approximate surface area is 164 Å². The zero-order valence-electron chi connectivity index (χ0n) is 15.9. The van der Waals surface area contributed by atoms with Crippen molar-refractivity contribution in [2.75, 3.05) is 31.6 Å². The van der Waals surface area contributed by atoms with Gasteiger partial charge < -0.3 is 24.9 Å².